The molecular formula is C14H16N4. The number of fused-ring (bicyclic) bond motifs is 4. The van der Waals surface area contributed by atoms with Crippen molar-refractivity contribution in [3.8, 4) is 5.82 Å². The maximum Gasteiger partial charge on any atom is 0.160 e. The third kappa shape index (κ3) is 1.26. The molecule has 4 heteroatoms. The lowest BCUT2D eigenvalue weighted by molar-refractivity contribution is 0.329. The molecule has 1 saturated heterocycles. The molecule has 0 atom stereocenters. The van der Waals surface area contributed by atoms with Crippen LogP contribution >= 0.6 is 0 Å². The van der Waals surface area contributed by atoms with Crippen LogP contribution in [0.25, 0.3) is 5.82 Å². The number of piperidine rings is 1. The maximum atomic E-state index is 4.50. The third-order valence-electron chi connectivity index (χ3n) is 4.08. The van der Waals surface area contributed by atoms with Crippen LogP contribution in [0.2, 0.25) is 0 Å². The van der Waals surface area contributed by atoms with Gasteiger partial charge in [-0.05, 0) is 50.2 Å². The SMILES string of the molecule is c1cnc2c(c1)NC1(CCNCC1)c1cccn1-2. The minimum atomic E-state index is 0.0742. The molecular weight excluding hydrogens is 224 g/mol. The fraction of sp³-hybridized carbons (Fsp3) is 0.357. The van der Waals surface area contributed by atoms with Crippen molar-refractivity contribution in [3.05, 3.63) is 42.4 Å². The fourth-order valence-corrected chi connectivity index (χ4v) is 3.20. The highest BCUT2D eigenvalue weighted by molar-refractivity contribution is 5.63. The van der Waals surface area contributed by atoms with E-state index in [-0.39, 0.29) is 5.54 Å². The number of nitrogens with one attached hydrogen (secondary N) is 2. The van der Waals surface area contributed by atoms with Gasteiger partial charge in [-0.15, -0.1) is 0 Å². The van der Waals surface area contributed by atoms with Gasteiger partial charge in [0, 0.05) is 18.1 Å². The summed E-state index contributed by atoms with van der Waals surface area (Å²) in [6.45, 7) is 2.13. The number of nitrogens with zero attached hydrogens (tertiary/aromatic N) is 2. The van der Waals surface area contributed by atoms with Crippen molar-refractivity contribution in [1.29, 1.82) is 0 Å². The van der Waals surface area contributed by atoms with Crippen LogP contribution in [0.5, 0.6) is 0 Å². The summed E-state index contributed by atoms with van der Waals surface area (Å²) in [5.74, 6) is 1.02. The van der Waals surface area contributed by atoms with Crippen LogP contribution in [0.1, 0.15) is 18.5 Å². The average Bonchev–Trinajstić information content (AvgIpc) is 2.90. The standard InChI is InChI=1S/C14H16N4/c1-3-11-13(16-7-1)18-10-2-4-12(18)14(17-11)5-8-15-9-6-14/h1-4,7,10,15,17H,5-6,8-9H2. The van der Waals surface area contributed by atoms with Gasteiger partial charge in [-0.2, -0.15) is 0 Å². The largest absolute Gasteiger partial charge is 0.371 e. The van der Waals surface area contributed by atoms with E-state index in [1.165, 1.54) is 5.69 Å². The Bertz CT molecular complexity index is 581. The van der Waals surface area contributed by atoms with Gasteiger partial charge < -0.3 is 15.2 Å². The Labute approximate surface area is 106 Å². The Kier molecular flexibility index (Phi) is 2.02. The first-order valence-electron chi connectivity index (χ1n) is 6.51. The van der Waals surface area contributed by atoms with Crippen LogP contribution in [0.4, 0.5) is 5.69 Å². The molecule has 2 aliphatic rings. The molecule has 0 bridgehead atoms. The van der Waals surface area contributed by atoms with Crippen LogP contribution in [-0.2, 0) is 5.54 Å². The summed E-state index contributed by atoms with van der Waals surface area (Å²) in [7, 11) is 0. The molecule has 92 valence electrons. The lowest BCUT2D eigenvalue weighted by Crippen LogP contribution is -2.48. The van der Waals surface area contributed by atoms with Crippen molar-refractivity contribution in [3.63, 3.8) is 0 Å². The van der Waals surface area contributed by atoms with E-state index >= 15 is 0 Å². The molecule has 4 nitrogen and oxygen atoms in total. The first-order chi connectivity index (χ1) is 8.89. The fourth-order valence-electron chi connectivity index (χ4n) is 3.20. The molecule has 2 aromatic heterocycles. The number of rotatable bonds is 0. The van der Waals surface area contributed by atoms with E-state index in [9.17, 15) is 0 Å². The van der Waals surface area contributed by atoms with Crippen molar-refractivity contribution in [2.24, 2.45) is 0 Å². The predicted molar refractivity (Wildman–Crippen MR) is 71.0 cm³/mol. The molecule has 4 heterocycles. The first-order valence-corrected chi connectivity index (χ1v) is 6.51. The normalized spacial score (nSPS) is 20.0. The van der Waals surface area contributed by atoms with Crippen molar-refractivity contribution in [1.82, 2.24) is 14.9 Å². The molecule has 0 aromatic carbocycles. The summed E-state index contributed by atoms with van der Waals surface area (Å²) in [5, 5.41) is 7.17. The van der Waals surface area contributed by atoms with Gasteiger partial charge in [-0.3, -0.25) is 0 Å². The second-order valence-corrected chi connectivity index (χ2v) is 5.10. The number of pyridine rings is 1. The van der Waals surface area contributed by atoms with Gasteiger partial charge >= 0.3 is 0 Å². The van der Waals surface area contributed by atoms with Gasteiger partial charge in [0.05, 0.1) is 11.2 Å². The lowest BCUT2D eigenvalue weighted by Gasteiger charge is -2.43. The van der Waals surface area contributed by atoms with Crippen LogP contribution in [0, 0.1) is 0 Å². The van der Waals surface area contributed by atoms with E-state index in [0.717, 1.165) is 37.4 Å². The molecule has 0 amide bonds. The van der Waals surface area contributed by atoms with E-state index in [4.69, 9.17) is 0 Å². The molecule has 1 fully saturated rings. The number of anilines is 1. The Morgan fingerprint density at radius 2 is 2.06 bits per heavy atom. The molecule has 18 heavy (non-hydrogen) atoms. The summed E-state index contributed by atoms with van der Waals surface area (Å²) in [4.78, 5) is 4.50. The van der Waals surface area contributed by atoms with Crippen LogP contribution in [0.15, 0.2) is 36.7 Å². The predicted octanol–water partition coefficient (Wildman–Crippen LogP) is 1.88. The highest BCUT2D eigenvalue weighted by atomic mass is 15.2. The van der Waals surface area contributed by atoms with Gasteiger partial charge in [-0.1, -0.05) is 0 Å². The lowest BCUT2D eigenvalue weighted by atomic mass is 9.83. The quantitative estimate of drug-likeness (QED) is 0.738. The molecule has 0 radical (unpaired) electrons. The van der Waals surface area contributed by atoms with Crippen LogP contribution < -0.4 is 10.6 Å². The van der Waals surface area contributed by atoms with Crippen molar-refractivity contribution < 1.29 is 0 Å². The van der Waals surface area contributed by atoms with Gasteiger partial charge in [0.25, 0.3) is 0 Å². The summed E-state index contributed by atoms with van der Waals surface area (Å²) in [6, 6.07) is 8.45. The monoisotopic (exact) mass is 240 g/mol. The summed E-state index contributed by atoms with van der Waals surface area (Å²) < 4.78 is 2.23. The smallest absolute Gasteiger partial charge is 0.160 e. The van der Waals surface area contributed by atoms with Gasteiger partial charge in [0.15, 0.2) is 5.82 Å². The molecule has 0 saturated carbocycles. The molecule has 2 N–H and O–H groups in total. The molecule has 4 rings (SSSR count). The summed E-state index contributed by atoms with van der Waals surface area (Å²) in [5.41, 5.74) is 2.56. The minimum absolute atomic E-state index is 0.0742. The van der Waals surface area contributed by atoms with E-state index in [1.54, 1.807) is 0 Å². The van der Waals surface area contributed by atoms with E-state index in [1.807, 2.05) is 12.3 Å². The number of aromatic nitrogens is 2. The van der Waals surface area contributed by atoms with Crippen LogP contribution in [0.3, 0.4) is 0 Å². The molecule has 0 aliphatic carbocycles. The van der Waals surface area contributed by atoms with E-state index in [2.05, 4.69) is 44.6 Å². The highest BCUT2D eigenvalue weighted by Crippen LogP contribution is 2.41. The maximum absolute atomic E-state index is 4.50. The average molecular weight is 240 g/mol. The zero-order chi connectivity index (χ0) is 12.0. The topological polar surface area (TPSA) is 41.9 Å². The number of hydrogen-bond acceptors (Lipinski definition) is 3. The van der Waals surface area contributed by atoms with Crippen LogP contribution in [-0.4, -0.2) is 22.6 Å². The summed E-state index contributed by atoms with van der Waals surface area (Å²) in [6.07, 6.45) is 6.20. The molecule has 0 unspecified atom stereocenters. The summed E-state index contributed by atoms with van der Waals surface area (Å²) >= 11 is 0. The van der Waals surface area contributed by atoms with Gasteiger partial charge in [0.2, 0.25) is 0 Å². The second kappa shape index (κ2) is 3.59. The molecule has 1 spiro atoms. The van der Waals surface area contributed by atoms with Crippen molar-refractivity contribution in [2.75, 3.05) is 18.4 Å². The second-order valence-electron chi connectivity index (χ2n) is 5.10. The first kappa shape index (κ1) is 10.1. The Hall–Kier alpha value is -1.81. The van der Waals surface area contributed by atoms with E-state index in [0.29, 0.717) is 0 Å². The Balaban J connectivity index is 1.92. The minimum Gasteiger partial charge on any atom is -0.371 e. The number of hydrogen-bond donors (Lipinski definition) is 2. The Morgan fingerprint density at radius 3 is 2.94 bits per heavy atom. The van der Waals surface area contributed by atoms with Crippen molar-refractivity contribution in [2.45, 2.75) is 18.4 Å². The zero-order valence-electron chi connectivity index (χ0n) is 10.2. The van der Waals surface area contributed by atoms with E-state index < -0.39 is 0 Å². The highest BCUT2D eigenvalue weighted by Gasteiger charge is 2.39. The molecule has 2 aliphatic heterocycles. The molecule has 2 aromatic rings. The van der Waals surface area contributed by atoms with Crippen molar-refractivity contribution >= 4 is 5.69 Å². The third-order valence-corrected chi connectivity index (χ3v) is 4.08. The van der Waals surface area contributed by atoms with Gasteiger partial charge in [-0.25, -0.2) is 4.98 Å². The zero-order valence-corrected chi connectivity index (χ0v) is 10.2. The van der Waals surface area contributed by atoms with Gasteiger partial charge in [0.1, 0.15) is 0 Å². The Morgan fingerprint density at radius 1 is 1.17 bits per heavy atom.